The van der Waals surface area contributed by atoms with E-state index in [0.717, 1.165) is 16.7 Å². The molecule has 1 aromatic heterocycles. The number of halogens is 3. The van der Waals surface area contributed by atoms with Crippen molar-refractivity contribution < 1.29 is 17.9 Å². The molecule has 16 heavy (non-hydrogen) atoms. The quantitative estimate of drug-likeness (QED) is 0.760. The highest BCUT2D eigenvalue weighted by Crippen LogP contribution is 2.43. The van der Waals surface area contributed by atoms with Crippen LogP contribution in [0.25, 0.3) is 0 Å². The molecule has 0 saturated heterocycles. The fourth-order valence-corrected chi connectivity index (χ4v) is 2.69. The molecule has 0 saturated carbocycles. The standard InChI is InChI=1S/C10H12F3NOS/c1-14(2)6-3-7-8(10(11,12)13)5-16-9(7)15-4-6/h5-6H,3-4H2,1-2H3. The van der Waals surface area contributed by atoms with Gasteiger partial charge in [-0.1, -0.05) is 0 Å². The van der Waals surface area contributed by atoms with Crippen molar-refractivity contribution in [3.05, 3.63) is 16.5 Å². The molecule has 0 amide bonds. The van der Waals surface area contributed by atoms with Crippen molar-refractivity contribution in [1.82, 2.24) is 4.90 Å². The van der Waals surface area contributed by atoms with Gasteiger partial charge >= 0.3 is 6.18 Å². The Morgan fingerprint density at radius 2 is 2.12 bits per heavy atom. The summed E-state index contributed by atoms with van der Waals surface area (Å²) in [6.45, 7) is 0.456. The molecule has 0 bridgehead atoms. The second kappa shape index (κ2) is 3.92. The van der Waals surface area contributed by atoms with Crippen LogP contribution in [0.1, 0.15) is 11.1 Å². The van der Waals surface area contributed by atoms with Crippen molar-refractivity contribution in [1.29, 1.82) is 0 Å². The number of thiophene rings is 1. The molecule has 1 aliphatic heterocycles. The van der Waals surface area contributed by atoms with Crippen molar-refractivity contribution in [2.75, 3.05) is 20.7 Å². The van der Waals surface area contributed by atoms with E-state index in [4.69, 9.17) is 4.74 Å². The van der Waals surface area contributed by atoms with Crippen LogP contribution in [0, 0.1) is 0 Å². The maximum Gasteiger partial charge on any atom is 0.417 e. The minimum Gasteiger partial charge on any atom is -0.482 e. The first-order valence-electron chi connectivity index (χ1n) is 4.86. The van der Waals surface area contributed by atoms with Gasteiger partial charge in [0.2, 0.25) is 0 Å². The number of likely N-dealkylation sites (N-methyl/N-ethyl adjacent to an activating group) is 1. The predicted octanol–water partition coefficient (Wildman–Crippen LogP) is 2.63. The molecule has 0 aromatic carbocycles. The molecule has 1 aliphatic rings. The molecule has 0 N–H and O–H groups in total. The van der Waals surface area contributed by atoms with E-state index < -0.39 is 11.7 Å². The third-order valence-electron chi connectivity index (χ3n) is 2.74. The normalized spacial score (nSPS) is 20.8. The van der Waals surface area contributed by atoms with Crippen LogP contribution in [0.5, 0.6) is 5.06 Å². The Labute approximate surface area is 95.6 Å². The highest BCUT2D eigenvalue weighted by Gasteiger charge is 2.38. The lowest BCUT2D eigenvalue weighted by molar-refractivity contribution is -0.138. The molecule has 1 aromatic rings. The lowest BCUT2D eigenvalue weighted by Gasteiger charge is -2.29. The lowest BCUT2D eigenvalue weighted by Crippen LogP contribution is -2.38. The van der Waals surface area contributed by atoms with E-state index in [1.54, 1.807) is 0 Å². The fraction of sp³-hybridized carbons (Fsp3) is 0.600. The molecule has 0 radical (unpaired) electrons. The van der Waals surface area contributed by atoms with Gasteiger partial charge in [-0.25, -0.2) is 0 Å². The molecule has 0 fully saturated rings. The Balaban J connectivity index is 2.32. The smallest absolute Gasteiger partial charge is 0.417 e. The number of ether oxygens (including phenoxy) is 1. The summed E-state index contributed by atoms with van der Waals surface area (Å²) in [5.74, 6) is 0. The van der Waals surface area contributed by atoms with Gasteiger partial charge in [-0.3, -0.25) is 0 Å². The molecular formula is C10H12F3NOS. The molecular weight excluding hydrogens is 239 g/mol. The average Bonchev–Trinajstić information content (AvgIpc) is 2.58. The largest absolute Gasteiger partial charge is 0.482 e. The summed E-state index contributed by atoms with van der Waals surface area (Å²) in [6, 6.07) is 0.0169. The van der Waals surface area contributed by atoms with Crippen molar-refractivity contribution in [2.24, 2.45) is 0 Å². The van der Waals surface area contributed by atoms with E-state index in [1.807, 2.05) is 19.0 Å². The van der Waals surface area contributed by atoms with Gasteiger partial charge in [0.15, 0.2) is 5.06 Å². The molecule has 2 rings (SSSR count). The molecule has 1 unspecified atom stereocenters. The van der Waals surface area contributed by atoms with Gasteiger partial charge in [0.25, 0.3) is 0 Å². The number of hydrogen-bond acceptors (Lipinski definition) is 3. The second-order valence-electron chi connectivity index (χ2n) is 4.05. The van der Waals surface area contributed by atoms with E-state index in [0.29, 0.717) is 23.7 Å². The minimum atomic E-state index is -4.28. The van der Waals surface area contributed by atoms with Crippen molar-refractivity contribution in [2.45, 2.75) is 18.6 Å². The molecule has 1 atom stereocenters. The van der Waals surface area contributed by atoms with E-state index in [9.17, 15) is 13.2 Å². The Kier molecular flexibility index (Phi) is 2.88. The number of fused-ring (bicyclic) bond motifs is 1. The molecule has 0 spiro atoms. The van der Waals surface area contributed by atoms with E-state index >= 15 is 0 Å². The van der Waals surface area contributed by atoms with Crippen LogP contribution in [0.3, 0.4) is 0 Å². The van der Waals surface area contributed by atoms with Crippen LogP contribution in [-0.2, 0) is 12.6 Å². The second-order valence-corrected chi connectivity index (χ2v) is 4.89. The zero-order valence-corrected chi connectivity index (χ0v) is 9.78. The monoisotopic (exact) mass is 251 g/mol. The van der Waals surface area contributed by atoms with E-state index in [1.165, 1.54) is 0 Å². The zero-order valence-electron chi connectivity index (χ0n) is 8.97. The van der Waals surface area contributed by atoms with Crippen LogP contribution < -0.4 is 4.74 Å². The van der Waals surface area contributed by atoms with Crippen LogP contribution in [0.2, 0.25) is 0 Å². The number of alkyl halides is 3. The topological polar surface area (TPSA) is 12.5 Å². The summed E-state index contributed by atoms with van der Waals surface area (Å²) in [6.07, 6.45) is -3.87. The Hall–Kier alpha value is -0.750. The summed E-state index contributed by atoms with van der Waals surface area (Å²) in [5, 5.41) is 1.56. The third kappa shape index (κ3) is 2.04. The zero-order chi connectivity index (χ0) is 11.9. The first kappa shape index (κ1) is 11.7. The SMILES string of the molecule is CN(C)C1COc2scc(C(F)(F)F)c2C1. The predicted molar refractivity (Wildman–Crippen MR) is 56.0 cm³/mol. The summed E-state index contributed by atoms with van der Waals surface area (Å²) in [4.78, 5) is 1.89. The van der Waals surface area contributed by atoms with Crippen LogP contribution in [-0.4, -0.2) is 31.6 Å². The number of hydrogen-bond donors (Lipinski definition) is 0. The van der Waals surface area contributed by atoms with Gasteiger partial charge in [-0.05, 0) is 20.5 Å². The van der Waals surface area contributed by atoms with Gasteiger partial charge in [-0.2, -0.15) is 13.2 Å². The van der Waals surface area contributed by atoms with Crippen molar-refractivity contribution >= 4 is 11.3 Å². The van der Waals surface area contributed by atoms with Crippen molar-refractivity contribution in [3.63, 3.8) is 0 Å². The Morgan fingerprint density at radius 3 is 2.69 bits per heavy atom. The highest BCUT2D eigenvalue weighted by atomic mass is 32.1. The maximum atomic E-state index is 12.7. The van der Waals surface area contributed by atoms with Crippen LogP contribution in [0.4, 0.5) is 13.2 Å². The molecule has 2 nitrogen and oxygen atoms in total. The maximum absolute atomic E-state index is 12.7. The van der Waals surface area contributed by atoms with Gasteiger partial charge in [0, 0.05) is 17.0 Å². The van der Waals surface area contributed by atoms with Crippen LogP contribution >= 0.6 is 11.3 Å². The van der Waals surface area contributed by atoms with Gasteiger partial charge < -0.3 is 9.64 Å². The Morgan fingerprint density at radius 1 is 1.44 bits per heavy atom. The van der Waals surface area contributed by atoms with E-state index in [2.05, 4.69) is 0 Å². The summed E-state index contributed by atoms with van der Waals surface area (Å²) < 4.78 is 43.4. The summed E-state index contributed by atoms with van der Waals surface area (Å²) in [7, 11) is 3.69. The van der Waals surface area contributed by atoms with E-state index in [-0.39, 0.29) is 6.04 Å². The molecule has 0 aliphatic carbocycles. The molecule has 6 heteroatoms. The lowest BCUT2D eigenvalue weighted by atomic mass is 10.0. The highest BCUT2D eigenvalue weighted by molar-refractivity contribution is 7.12. The first-order valence-corrected chi connectivity index (χ1v) is 5.74. The third-order valence-corrected chi connectivity index (χ3v) is 3.67. The summed E-state index contributed by atoms with van der Waals surface area (Å²) >= 11 is 1.03. The van der Waals surface area contributed by atoms with Gasteiger partial charge in [0.1, 0.15) is 6.61 Å². The first-order chi connectivity index (χ1) is 7.39. The molecule has 2 heterocycles. The Bertz CT molecular complexity index is 386. The number of rotatable bonds is 1. The van der Waals surface area contributed by atoms with Crippen molar-refractivity contribution in [3.8, 4) is 5.06 Å². The van der Waals surface area contributed by atoms with Crippen LogP contribution in [0.15, 0.2) is 5.38 Å². The van der Waals surface area contributed by atoms with Gasteiger partial charge in [-0.15, -0.1) is 11.3 Å². The summed E-state index contributed by atoms with van der Waals surface area (Å²) in [5.41, 5.74) is -0.235. The average molecular weight is 251 g/mol. The number of nitrogens with zero attached hydrogens (tertiary/aromatic N) is 1. The van der Waals surface area contributed by atoms with Gasteiger partial charge in [0.05, 0.1) is 5.56 Å². The molecule has 90 valence electrons. The minimum absolute atomic E-state index is 0.0169. The fourth-order valence-electron chi connectivity index (χ4n) is 1.72.